The zero-order chi connectivity index (χ0) is 39.0. The molecule has 0 unspecified atom stereocenters. The van der Waals surface area contributed by atoms with Gasteiger partial charge in [-0.25, -0.2) is 9.97 Å². The lowest BCUT2D eigenvalue weighted by Crippen LogP contribution is -2.48. The molecule has 1 saturated heterocycles. The van der Waals surface area contributed by atoms with E-state index < -0.39 is 0 Å². The predicted molar refractivity (Wildman–Crippen MR) is 230 cm³/mol. The van der Waals surface area contributed by atoms with Crippen LogP contribution in [0.3, 0.4) is 0 Å². The Morgan fingerprint density at radius 1 is 0.536 bits per heavy atom. The van der Waals surface area contributed by atoms with Crippen LogP contribution in [0.15, 0.2) is 84.9 Å². The van der Waals surface area contributed by atoms with Gasteiger partial charge in [0.15, 0.2) is 0 Å². The summed E-state index contributed by atoms with van der Waals surface area (Å²) in [5.41, 5.74) is 6.39. The molecule has 0 saturated carbocycles. The van der Waals surface area contributed by atoms with E-state index in [4.69, 9.17) is 9.97 Å². The summed E-state index contributed by atoms with van der Waals surface area (Å²) in [6.07, 6.45) is 0. The van der Waals surface area contributed by atoms with Gasteiger partial charge in [-0.15, -0.1) is 0 Å². The lowest BCUT2D eigenvalue weighted by molar-refractivity contribution is 0.0944. The van der Waals surface area contributed by atoms with Crippen LogP contribution in [0.25, 0.3) is 43.6 Å². The Kier molecular flexibility index (Phi) is 12.5. The highest BCUT2D eigenvalue weighted by Crippen LogP contribution is 2.34. The van der Waals surface area contributed by atoms with Crippen LogP contribution in [-0.2, 0) is 0 Å². The normalized spacial score (nSPS) is 14.0. The minimum atomic E-state index is -0.105. The first-order valence-electron chi connectivity index (χ1n) is 19.7. The number of para-hydroxylation sites is 4. The topological polar surface area (TPSA) is 121 Å². The fourth-order valence-corrected chi connectivity index (χ4v) is 7.47. The Hall–Kier alpha value is -5.40. The Bertz CT molecular complexity index is 2160. The van der Waals surface area contributed by atoms with Crippen LogP contribution >= 0.6 is 0 Å². The van der Waals surface area contributed by atoms with Crippen molar-refractivity contribution in [3.8, 4) is 0 Å². The van der Waals surface area contributed by atoms with E-state index in [1.54, 1.807) is 0 Å². The first-order chi connectivity index (χ1) is 27.3. The van der Waals surface area contributed by atoms with Crippen molar-refractivity contribution < 1.29 is 9.59 Å². The van der Waals surface area contributed by atoms with Crippen LogP contribution < -0.4 is 21.3 Å². The average Bonchev–Trinajstić information content (AvgIpc) is 3.20. The van der Waals surface area contributed by atoms with Gasteiger partial charge in [0.25, 0.3) is 11.8 Å². The molecular weight excluding hydrogens is 701 g/mol. The van der Waals surface area contributed by atoms with Crippen molar-refractivity contribution in [2.24, 2.45) is 0 Å². The number of pyridine rings is 2. The van der Waals surface area contributed by atoms with Gasteiger partial charge in [-0.2, -0.15) is 0 Å². The molecule has 1 fully saturated rings. The van der Waals surface area contributed by atoms with Gasteiger partial charge in [-0.05, 0) is 52.5 Å². The van der Waals surface area contributed by atoms with E-state index in [0.717, 1.165) is 109 Å². The minimum Gasteiger partial charge on any atom is -0.383 e. The van der Waals surface area contributed by atoms with E-state index in [1.165, 1.54) is 0 Å². The summed E-state index contributed by atoms with van der Waals surface area (Å²) >= 11 is 0. The molecule has 56 heavy (non-hydrogen) atoms. The number of hydrogen-bond acceptors (Lipinski definition) is 10. The molecule has 2 amide bonds. The molecule has 0 radical (unpaired) electrons. The highest BCUT2D eigenvalue weighted by molar-refractivity contribution is 6.15. The Balaban J connectivity index is 0.963. The molecule has 7 rings (SSSR count). The zero-order valence-electron chi connectivity index (χ0n) is 33.1. The zero-order valence-corrected chi connectivity index (χ0v) is 33.1. The van der Waals surface area contributed by atoms with Crippen LogP contribution in [0.2, 0.25) is 0 Å². The number of piperazine rings is 1. The lowest BCUT2D eigenvalue weighted by Gasteiger charge is -2.35. The van der Waals surface area contributed by atoms with Gasteiger partial charge in [0.05, 0.1) is 44.6 Å². The quantitative estimate of drug-likeness (QED) is 0.103. The lowest BCUT2D eigenvalue weighted by atomic mass is 10.0. The molecule has 0 aliphatic carbocycles. The van der Waals surface area contributed by atoms with Gasteiger partial charge in [0.1, 0.15) is 0 Å². The molecule has 0 atom stereocenters. The summed E-state index contributed by atoms with van der Waals surface area (Å²) in [7, 11) is 7.98. The predicted octanol–water partition coefficient (Wildman–Crippen LogP) is 4.81. The maximum Gasteiger partial charge on any atom is 0.253 e. The van der Waals surface area contributed by atoms with Crippen LogP contribution in [0, 0.1) is 0 Å². The van der Waals surface area contributed by atoms with Gasteiger partial charge in [0, 0.05) is 100 Å². The molecule has 1 aliphatic heterocycles. The summed E-state index contributed by atoms with van der Waals surface area (Å²) in [4.78, 5) is 45.5. The average molecular weight is 755 g/mol. The number of fused-ring (bicyclic) bond motifs is 4. The summed E-state index contributed by atoms with van der Waals surface area (Å²) in [5.74, 6) is -0.210. The fraction of sp³-hybridized carbons (Fsp3) is 0.364. The maximum atomic E-state index is 13.2. The summed E-state index contributed by atoms with van der Waals surface area (Å²) in [6.45, 7) is 10.0. The van der Waals surface area contributed by atoms with Gasteiger partial charge >= 0.3 is 0 Å². The van der Waals surface area contributed by atoms with Crippen molar-refractivity contribution in [3.05, 3.63) is 96.1 Å². The SMILES string of the molecule is CN(C)CCNC(=O)c1cccc2c(NCCN3CCN(CCNc4c5ccccc5nc5c(C(=O)NCCN(C)C)cccc45)CC3)c3ccccc3nc12. The summed E-state index contributed by atoms with van der Waals surface area (Å²) in [5, 5.41) is 17.6. The molecule has 6 aromatic rings. The molecule has 12 heteroatoms. The third kappa shape index (κ3) is 9.00. The number of likely N-dealkylation sites (N-methyl/N-ethyl adjacent to an activating group) is 2. The molecule has 0 spiro atoms. The molecule has 0 bridgehead atoms. The fourth-order valence-electron chi connectivity index (χ4n) is 7.47. The van der Waals surface area contributed by atoms with E-state index in [-0.39, 0.29) is 11.8 Å². The van der Waals surface area contributed by atoms with E-state index in [1.807, 2.05) is 88.9 Å². The molecule has 4 aromatic carbocycles. The second-order valence-electron chi connectivity index (χ2n) is 15.1. The molecular formula is C44H54N10O2. The first kappa shape index (κ1) is 38.9. The number of hydrogen-bond donors (Lipinski definition) is 4. The Labute approximate surface area is 329 Å². The molecule has 2 aromatic heterocycles. The monoisotopic (exact) mass is 754 g/mol. The highest BCUT2D eigenvalue weighted by atomic mass is 16.2. The number of benzene rings is 4. The molecule has 1 aliphatic rings. The van der Waals surface area contributed by atoms with E-state index in [2.05, 4.69) is 65.1 Å². The summed E-state index contributed by atoms with van der Waals surface area (Å²) < 4.78 is 0. The van der Waals surface area contributed by atoms with Crippen molar-refractivity contribution in [2.75, 3.05) is 117 Å². The number of rotatable bonds is 16. The van der Waals surface area contributed by atoms with Crippen molar-refractivity contribution >= 4 is 66.8 Å². The van der Waals surface area contributed by atoms with Gasteiger partial charge in [0.2, 0.25) is 0 Å². The van der Waals surface area contributed by atoms with Crippen LogP contribution in [0.1, 0.15) is 20.7 Å². The third-order valence-electron chi connectivity index (χ3n) is 10.5. The molecule has 4 N–H and O–H groups in total. The number of aromatic nitrogens is 2. The molecule has 12 nitrogen and oxygen atoms in total. The number of amides is 2. The van der Waals surface area contributed by atoms with E-state index in [9.17, 15) is 9.59 Å². The van der Waals surface area contributed by atoms with Gasteiger partial charge < -0.3 is 31.1 Å². The van der Waals surface area contributed by atoms with Crippen molar-refractivity contribution in [2.45, 2.75) is 0 Å². The second kappa shape index (κ2) is 18.0. The van der Waals surface area contributed by atoms with Crippen LogP contribution in [-0.4, -0.2) is 148 Å². The van der Waals surface area contributed by atoms with Crippen LogP contribution in [0.4, 0.5) is 11.4 Å². The highest BCUT2D eigenvalue weighted by Gasteiger charge is 2.20. The second-order valence-corrected chi connectivity index (χ2v) is 15.1. The molecule has 292 valence electrons. The number of carbonyl (C=O) groups excluding carboxylic acids is 2. The number of nitrogens with one attached hydrogen (secondary N) is 4. The molecule has 3 heterocycles. The van der Waals surface area contributed by atoms with Gasteiger partial charge in [-0.1, -0.05) is 60.7 Å². The maximum absolute atomic E-state index is 13.2. The first-order valence-corrected chi connectivity index (χ1v) is 19.7. The number of nitrogens with zero attached hydrogens (tertiary/aromatic N) is 6. The number of anilines is 2. The van der Waals surface area contributed by atoms with Crippen molar-refractivity contribution in [3.63, 3.8) is 0 Å². The van der Waals surface area contributed by atoms with E-state index in [0.29, 0.717) is 35.2 Å². The minimum absolute atomic E-state index is 0.105. The van der Waals surface area contributed by atoms with Crippen molar-refractivity contribution in [1.29, 1.82) is 0 Å². The van der Waals surface area contributed by atoms with Crippen molar-refractivity contribution in [1.82, 2.24) is 40.2 Å². The standard InChI is InChI=1S/C44H54N10O2/c1-51(2)23-19-47-43(55)35-15-9-13-33-39(31-11-5-7-17-37(31)49-41(33)35)45-21-25-53-27-29-54(30-28-53)26-22-46-40-32-12-6-8-18-38(32)50-42-34(40)14-10-16-36(42)44(56)48-20-24-52(3)4/h5-18H,19-30H2,1-4H3,(H,45,49)(H,46,50)(H,47,55)(H,48,56). The number of carbonyl (C=O) groups is 2. The Morgan fingerprint density at radius 2 is 0.929 bits per heavy atom. The van der Waals surface area contributed by atoms with Crippen LogP contribution in [0.5, 0.6) is 0 Å². The van der Waals surface area contributed by atoms with E-state index >= 15 is 0 Å². The largest absolute Gasteiger partial charge is 0.383 e. The smallest absolute Gasteiger partial charge is 0.253 e. The third-order valence-corrected chi connectivity index (χ3v) is 10.5. The summed E-state index contributed by atoms with van der Waals surface area (Å²) in [6, 6.07) is 28.0. The van der Waals surface area contributed by atoms with Gasteiger partial charge in [-0.3, -0.25) is 19.4 Å². The Morgan fingerprint density at radius 3 is 1.34 bits per heavy atom.